The van der Waals surface area contributed by atoms with Gasteiger partial charge in [0.05, 0.1) is 0 Å². The van der Waals surface area contributed by atoms with Crippen molar-refractivity contribution in [3.63, 3.8) is 0 Å². The number of anilines is 8. The van der Waals surface area contributed by atoms with Crippen LogP contribution < -0.4 is 25.5 Å². The predicted octanol–water partition coefficient (Wildman–Crippen LogP) is 16.9. The molecular weight excluding hydrogens is 858 g/mol. The normalized spacial score (nSPS) is 13.6. The molecule has 0 saturated heterocycles. The van der Waals surface area contributed by atoms with Crippen molar-refractivity contribution in [3.05, 3.63) is 240 Å². The summed E-state index contributed by atoms with van der Waals surface area (Å²) >= 11 is 0. The van der Waals surface area contributed by atoms with E-state index < -0.39 is 0 Å². The number of benzene rings is 10. The van der Waals surface area contributed by atoms with E-state index in [9.17, 15) is 0 Å². The van der Waals surface area contributed by atoms with Crippen LogP contribution in [0.25, 0.3) is 44.2 Å². The molecule has 0 atom stereocenters. The van der Waals surface area contributed by atoms with Crippen molar-refractivity contribution in [2.24, 2.45) is 0 Å². The third kappa shape index (κ3) is 6.87. The third-order valence-corrected chi connectivity index (χ3v) is 15.7. The monoisotopic (exact) mass is 913 g/mol. The van der Waals surface area contributed by atoms with Crippen LogP contribution in [0.5, 0.6) is 0 Å². The van der Waals surface area contributed by atoms with Crippen LogP contribution in [0.4, 0.5) is 45.5 Å². The van der Waals surface area contributed by atoms with Crippen molar-refractivity contribution in [2.45, 2.75) is 59.3 Å². The van der Waals surface area contributed by atoms with Gasteiger partial charge in [-0.05, 0) is 165 Å². The molecule has 1 aliphatic carbocycles. The summed E-state index contributed by atoms with van der Waals surface area (Å²) in [6.45, 7) is 11.5. The summed E-state index contributed by atoms with van der Waals surface area (Å²) in [6, 6.07) is 80.2. The zero-order valence-corrected chi connectivity index (χ0v) is 41.2. The molecule has 71 heavy (non-hydrogen) atoms. The van der Waals surface area contributed by atoms with Gasteiger partial charge in [0.2, 0.25) is 0 Å². The molecule has 0 amide bonds. The van der Waals surface area contributed by atoms with Gasteiger partial charge in [-0.3, -0.25) is 0 Å². The molecule has 10 aromatic carbocycles. The van der Waals surface area contributed by atoms with Gasteiger partial charge in [0.15, 0.2) is 0 Å². The van der Waals surface area contributed by atoms with Crippen molar-refractivity contribution in [3.8, 4) is 33.4 Å². The Kier molecular flexibility index (Phi) is 10.2. The highest BCUT2D eigenvalue weighted by atomic mass is 15.2. The topological polar surface area (TPSA) is 9.72 Å². The fraction of sp³-hybridized carbons (Fsp3) is 0.134. The van der Waals surface area contributed by atoms with Crippen LogP contribution >= 0.6 is 0 Å². The Morgan fingerprint density at radius 2 is 1.21 bits per heavy atom. The van der Waals surface area contributed by atoms with Gasteiger partial charge in [-0.2, -0.15) is 0 Å². The largest absolute Gasteiger partial charge is 0.376 e. The summed E-state index contributed by atoms with van der Waals surface area (Å²) in [4.78, 5) is 7.74. The molecule has 10 aromatic rings. The lowest BCUT2D eigenvalue weighted by atomic mass is 9.43. The van der Waals surface area contributed by atoms with Crippen LogP contribution in [0, 0.1) is 13.8 Å². The number of nitrogens with zero attached hydrogens (tertiary/aromatic N) is 3. The van der Waals surface area contributed by atoms with Crippen LogP contribution in [0.3, 0.4) is 0 Å². The molecule has 0 N–H and O–H groups in total. The van der Waals surface area contributed by atoms with Crippen molar-refractivity contribution < 1.29 is 0 Å². The van der Waals surface area contributed by atoms with Crippen molar-refractivity contribution in [1.29, 1.82) is 0 Å². The number of unbranched alkanes of at least 4 members (excludes halogenated alkanes) is 1. The maximum absolute atomic E-state index is 2.71. The van der Waals surface area contributed by atoms with Crippen molar-refractivity contribution in [2.75, 3.05) is 14.6 Å². The highest BCUT2D eigenvalue weighted by Gasteiger charge is 2.47. The smallest absolute Gasteiger partial charge is 0.333 e. The van der Waals surface area contributed by atoms with Crippen LogP contribution in [0.2, 0.25) is 0 Å². The molecule has 2 heterocycles. The Bertz CT molecular complexity index is 3710. The lowest BCUT2D eigenvalue weighted by Gasteiger charge is -2.47. The standard InChI is InChI=1S/C67H56BN3/c1-6-7-18-46-27-31-51(32-28-46)69(50-22-12-9-13-23-50)52-34-37-61-63(43-52)70(62-38-30-49(41-45(62)3)47-19-10-8-11-20-47)64-40-44(2)39-58-57-35-29-48-21-14-15-24-54(48)66(57)71(68(61)65(58)64)53-33-36-56-55-25-16-17-26-59(55)67(4,5)60(56)42-53/h8-17,19-43H,6-7,18H2,1-5H3. The number of hydrogen-bond acceptors (Lipinski definition) is 3. The van der Waals surface area contributed by atoms with E-state index in [1.165, 1.54) is 124 Å². The second-order valence-electron chi connectivity index (χ2n) is 20.5. The van der Waals surface area contributed by atoms with Gasteiger partial charge in [-0.25, -0.2) is 0 Å². The maximum atomic E-state index is 2.71. The number of fused-ring (bicyclic) bond motifs is 9. The second-order valence-corrected chi connectivity index (χ2v) is 20.5. The summed E-state index contributed by atoms with van der Waals surface area (Å²) in [5.74, 6) is 0. The minimum Gasteiger partial charge on any atom is -0.376 e. The zero-order valence-electron chi connectivity index (χ0n) is 41.2. The first-order chi connectivity index (χ1) is 34.8. The zero-order chi connectivity index (χ0) is 48.0. The first kappa shape index (κ1) is 43.0. The predicted molar refractivity (Wildman–Crippen MR) is 303 cm³/mol. The molecule has 0 aromatic heterocycles. The van der Waals surface area contributed by atoms with E-state index in [4.69, 9.17) is 0 Å². The molecule has 0 radical (unpaired) electrons. The Balaban J connectivity index is 1.09. The molecule has 0 saturated carbocycles. The van der Waals surface area contributed by atoms with Gasteiger partial charge in [0, 0.05) is 61.9 Å². The molecule has 4 heteroatoms. The highest BCUT2D eigenvalue weighted by Crippen LogP contribution is 2.54. The second kappa shape index (κ2) is 16.8. The molecule has 0 fully saturated rings. The lowest BCUT2D eigenvalue weighted by Crippen LogP contribution is -2.61. The number of rotatable bonds is 9. The van der Waals surface area contributed by atoms with Crippen LogP contribution in [0.15, 0.2) is 212 Å². The van der Waals surface area contributed by atoms with Crippen molar-refractivity contribution in [1.82, 2.24) is 0 Å². The minimum atomic E-state index is -0.159. The van der Waals surface area contributed by atoms with Gasteiger partial charge in [0.25, 0.3) is 0 Å². The van der Waals surface area contributed by atoms with Crippen molar-refractivity contribution >= 4 is 74.0 Å². The van der Waals surface area contributed by atoms with Gasteiger partial charge in [-0.15, -0.1) is 0 Å². The van der Waals surface area contributed by atoms with E-state index in [1.807, 2.05) is 0 Å². The summed E-state index contributed by atoms with van der Waals surface area (Å²) in [7, 11) is 0. The minimum absolute atomic E-state index is 0.143. The highest BCUT2D eigenvalue weighted by molar-refractivity contribution is 6.94. The molecule has 0 spiro atoms. The molecule has 3 aliphatic rings. The van der Waals surface area contributed by atoms with Gasteiger partial charge >= 0.3 is 6.85 Å². The Hall–Kier alpha value is -8.08. The summed E-state index contributed by atoms with van der Waals surface area (Å²) in [5, 5.41) is 2.50. The summed E-state index contributed by atoms with van der Waals surface area (Å²) < 4.78 is 0. The maximum Gasteiger partial charge on any atom is 0.333 e. The van der Waals surface area contributed by atoms with E-state index in [0.717, 1.165) is 23.5 Å². The third-order valence-electron chi connectivity index (χ3n) is 15.7. The van der Waals surface area contributed by atoms with E-state index >= 15 is 0 Å². The fourth-order valence-electron chi connectivity index (χ4n) is 12.3. The molecule has 2 aliphatic heterocycles. The van der Waals surface area contributed by atoms with Crippen LogP contribution in [-0.2, 0) is 11.8 Å². The quantitative estimate of drug-likeness (QED) is 0.134. The van der Waals surface area contributed by atoms with E-state index in [0.29, 0.717) is 0 Å². The van der Waals surface area contributed by atoms with Gasteiger partial charge in [0.1, 0.15) is 0 Å². The van der Waals surface area contributed by atoms with E-state index in [-0.39, 0.29) is 12.3 Å². The first-order valence-electron chi connectivity index (χ1n) is 25.5. The Morgan fingerprint density at radius 1 is 0.507 bits per heavy atom. The molecule has 0 bridgehead atoms. The molecule has 13 rings (SSSR count). The first-order valence-corrected chi connectivity index (χ1v) is 25.5. The Labute approximate surface area is 419 Å². The Morgan fingerprint density at radius 3 is 2.01 bits per heavy atom. The van der Waals surface area contributed by atoms with Crippen LogP contribution in [0.1, 0.15) is 61.4 Å². The SMILES string of the molecule is CCCCc1ccc(N(c2ccccc2)c2ccc3c(c2)N(c2ccc(-c4ccccc4)cc2C)c2cc(C)cc4c2B3N(c2ccc3c(c2)C(C)(C)c2ccccc2-3)c2c-4ccc3ccccc23)cc1. The molecule has 3 nitrogen and oxygen atoms in total. The van der Waals surface area contributed by atoms with E-state index in [2.05, 4.69) is 262 Å². The number of hydrogen-bond donors (Lipinski definition) is 0. The fourth-order valence-corrected chi connectivity index (χ4v) is 12.3. The van der Waals surface area contributed by atoms with Gasteiger partial charge < -0.3 is 14.6 Å². The lowest BCUT2D eigenvalue weighted by molar-refractivity contribution is 0.660. The van der Waals surface area contributed by atoms with Crippen LogP contribution in [-0.4, -0.2) is 6.85 Å². The molecule has 0 unspecified atom stereocenters. The van der Waals surface area contributed by atoms with E-state index in [1.54, 1.807) is 0 Å². The average molecular weight is 914 g/mol. The molecule has 342 valence electrons. The number of para-hydroxylation sites is 1. The number of aryl methyl sites for hydroxylation is 3. The summed E-state index contributed by atoms with van der Waals surface area (Å²) in [6.07, 6.45) is 3.46. The van der Waals surface area contributed by atoms with Gasteiger partial charge in [-0.1, -0.05) is 173 Å². The summed E-state index contributed by atoms with van der Waals surface area (Å²) in [5.41, 5.74) is 26.1. The molecular formula is C67H56BN3. The average Bonchev–Trinajstić information content (AvgIpc) is 3.64.